The zero-order chi connectivity index (χ0) is 17.1. The van der Waals surface area contributed by atoms with Gasteiger partial charge in [0.1, 0.15) is 5.82 Å². The number of nitrogens with one attached hydrogen (secondary N) is 1. The van der Waals surface area contributed by atoms with Gasteiger partial charge in [0.15, 0.2) is 5.13 Å². The average Bonchev–Trinajstić information content (AvgIpc) is 2.96. The third-order valence-corrected chi connectivity index (χ3v) is 5.28. The van der Waals surface area contributed by atoms with Crippen molar-refractivity contribution >= 4 is 56.6 Å². The molecule has 0 aliphatic carbocycles. The van der Waals surface area contributed by atoms with Gasteiger partial charge in [0, 0.05) is 26.1 Å². The molecule has 0 aliphatic rings. The lowest BCUT2D eigenvalue weighted by Gasteiger charge is -2.04. The summed E-state index contributed by atoms with van der Waals surface area (Å²) in [5.74, 6) is -0.479. The van der Waals surface area contributed by atoms with E-state index >= 15 is 0 Å². The van der Waals surface area contributed by atoms with Crippen molar-refractivity contribution in [3.05, 3.63) is 79.1 Å². The van der Waals surface area contributed by atoms with E-state index in [2.05, 4.69) is 32.9 Å². The van der Waals surface area contributed by atoms with Crippen molar-refractivity contribution in [3.63, 3.8) is 0 Å². The summed E-state index contributed by atoms with van der Waals surface area (Å²) >= 11 is 9.37. The summed E-state index contributed by atoms with van der Waals surface area (Å²) in [5, 5.41) is 3.91. The Kier molecular flexibility index (Phi) is 5.47. The lowest BCUT2D eigenvalue weighted by Crippen LogP contribution is -2.13. The monoisotopic (exact) mass is 472 g/mol. The maximum atomic E-state index is 12.9. The topological polar surface area (TPSA) is 42.0 Å². The predicted octanol–water partition coefficient (Wildman–Crippen LogP) is 5.38. The van der Waals surface area contributed by atoms with E-state index in [4.69, 9.17) is 11.6 Å². The van der Waals surface area contributed by atoms with Crippen LogP contribution in [-0.4, -0.2) is 10.9 Å². The van der Waals surface area contributed by atoms with Gasteiger partial charge in [-0.15, -0.1) is 11.3 Å². The van der Waals surface area contributed by atoms with Crippen molar-refractivity contribution in [2.75, 3.05) is 5.32 Å². The highest BCUT2D eigenvalue weighted by atomic mass is 127. The van der Waals surface area contributed by atoms with Crippen LogP contribution in [0, 0.1) is 9.39 Å². The highest BCUT2D eigenvalue weighted by molar-refractivity contribution is 14.1. The normalized spacial score (nSPS) is 10.6. The molecule has 0 fully saturated rings. The molecule has 0 spiro atoms. The van der Waals surface area contributed by atoms with Crippen molar-refractivity contribution in [2.45, 2.75) is 6.42 Å². The highest BCUT2D eigenvalue weighted by Gasteiger charge is 2.13. The molecule has 1 aromatic heterocycles. The second-order valence-electron chi connectivity index (χ2n) is 5.01. The van der Waals surface area contributed by atoms with Gasteiger partial charge in [-0.05, 0) is 58.5 Å². The number of amides is 1. The second kappa shape index (κ2) is 7.58. The Hall–Kier alpha value is -1.51. The van der Waals surface area contributed by atoms with Crippen molar-refractivity contribution < 1.29 is 9.18 Å². The smallest absolute Gasteiger partial charge is 0.258 e. The maximum absolute atomic E-state index is 12.9. The number of carbonyl (C=O) groups excluding carboxylic acids is 1. The highest BCUT2D eigenvalue weighted by Crippen LogP contribution is 2.23. The van der Waals surface area contributed by atoms with E-state index in [1.165, 1.54) is 23.5 Å². The third-order valence-electron chi connectivity index (χ3n) is 3.24. The Morgan fingerprint density at radius 2 is 2.00 bits per heavy atom. The average molecular weight is 473 g/mol. The molecule has 0 unspecified atom stereocenters. The Morgan fingerprint density at radius 1 is 1.25 bits per heavy atom. The first-order valence-corrected chi connectivity index (χ1v) is 9.24. The van der Waals surface area contributed by atoms with E-state index in [0.717, 1.165) is 14.0 Å². The number of hydrogen-bond acceptors (Lipinski definition) is 3. The molecule has 1 N–H and O–H groups in total. The molecule has 0 saturated carbocycles. The van der Waals surface area contributed by atoms with Crippen molar-refractivity contribution in [1.82, 2.24) is 4.98 Å². The number of benzene rings is 2. The molecule has 1 heterocycles. The SMILES string of the molecule is O=C(Nc1ncc(Cc2ccc(F)cc2)s1)c1ccc(Cl)cc1I. The number of rotatable bonds is 4. The molecule has 3 nitrogen and oxygen atoms in total. The van der Waals surface area contributed by atoms with Crippen LogP contribution in [0.15, 0.2) is 48.7 Å². The van der Waals surface area contributed by atoms with Crippen LogP contribution in [0.25, 0.3) is 0 Å². The number of carbonyl (C=O) groups is 1. The molecule has 3 rings (SSSR count). The van der Waals surface area contributed by atoms with E-state index in [0.29, 0.717) is 22.1 Å². The summed E-state index contributed by atoms with van der Waals surface area (Å²) in [6.07, 6.45) is 2.36. The van der Waals surface area contributed by atoms with Crippen LogP contribution in [-0.2, 0) is 6.42 Å². The quantitative estimate of drug-likeness (QED) is 0.518. The number of thiazole rings is 1. The van der Waals surface area contributed by atoms with E-state index < -0.39 is 0 Å². The van der Waals surface area contributed by atoms with Crippen LogP contribution in [0.4, 0.5) is 9.52 Å². The Labute approximate surface area is 161 Å². The Bertz CT molecular complexity index is 883. The van der Waals surface area contributed by atoms with E-state index in [-0.39, 0.29) is 11.7 Å². The van der Waals surface area contributed by atoms with Gasteiger partial charge < -0.3 is 0 Å². The predicted molar refractivity (Wildman–Crippen MR) is 103 cm³/mol. The molecule has 0 atom stereocenters. The summed E-state index contributed by atoms with van der Waals surface area (Å²) in [6, 6.07) is 11.4. The lowest BCUT2D eigenvalue weighted by molar-refractivity contribution is 0.102. The Morgan fingerprint density at radius 3 is 2.71 bits per heavy atom. The maximum Gasteiger partial charge on any atom is 0.258 e. The fourth-order valence-corrected chi connectivity index (χ4v) is 4.05. The standard InChI is InChI=1S/C17H11ClFIN2OS/c18-11-3-6-14(15(20)8-11)16(23)22-17-21-9-13(24-17)7-10-1-4-12(19)5-2-10/h1-6,8-9H,7H2,(H,21,22,23). The largest absolute Gasteiger partial charge is 0.298 e. The van der Waals surface area contributed by atoms with E-state index in [1.807, 2.05) is 0 Å². The van der Waals surface area contributed by atoms with E-state index in [9.17, 15) is 9.18 Å². The zero-order valence-corrected chi connectivity index (χ0v) is 16.0. The molecule has 0 radical (unpaired) electrons. The summed E-state index contributed by atoms with van der Waals surface area (Å²) in [5.41, 5.74) is 1.54. The number of aromatic nitrogens is 1. The van der Waals surface area contributed by atoms with Gasteiger partial charge >= 0.3 is 0 Å². The molecule has 0 saturated heterocycles. The minimum atomic E-state index is -0.256. The number of halogens is 3. The first-order chi connectivity index (χ1) is 11.5. The molecule has 24 heavy (non-hydrogen) atoms. The summed E-state index contributed by atoms with van der Waals surface area (Å²) in [6.45, 7) is 0. The van der Waals surface area contributed by atoms with Crippen LogP contribution < -0.4 is 5.32 Å². The van der Waals surface area contributed by atoms with Crippen LogP contribution in [0.2, 0.25) is 5.02 Å². The van der Waals surface area contributed by atoms with Crippen LogP contribution >= 0.6 is 45.5 Å². The van der Waals surface area contributed by atoms with Gasteiger partial charge in [-0.2, -0.15) is 0 Å². The van der Waals surface area contributed by atoms with Gasteiger partial charge in [-0.1, -0.05) is 23.7 Å². The van der Waals surface area contributed by atoms with Crippen molar-refractivity contribution in [2.24, 2.45) is 0 Å². The summed E-state index contributed by atoms with van der Waals surface area (Å²) in [4.78, 5) is 17.5. The van der Waals surface area contributed by atoms with Crippen molar-refractivity contribution in [1.29, 1.82) is 0 Å². The summed E-state index contributed by atoms with van der Waals surface area (Å²) in [7, 11) is 0. The molecule has 2 aromatic carbocycles. The molecule has 7 heteroatoms. The first-order valence-electron chi connectivity index (χ1n) is 6.97. The fourth-order valence-electron chi connectivity index (χ4n) is 2.09. The molecular formula is C17H11ClFIN2OS. The van der Waals surface area contributed by atoms with Gasteiger partial charge in [0.2, 0.25) is 0 Å². The van der Waals surface area contributed by atoms with Crippen LogP contribution in [0.1, 0.15) is 20.8 Å². The summed E-state index contributed by atoms with van der Waals surface area (Å²) < 4.78 is 13.7. The van der Waals surface area contributed by atoms with Crippen LogP contribution in [0.5, 0.6) is 0 Å². The lowest BCUT2D eigenvalue weighted by atomic mass is 10.1. The molecule has 0 bridgehead atoms. The molecule has 122 valence electrons. The third kappa shape index (κ3) is 4.31. The second-order valence-corrected chi connectivity index (χ2v) is 7.73. The fraction of sp³-hybridized carbons (Fsp3) is 0.0588. The molecule has 1 amide bonds. The minimum absolute atomic E-state index is 0.223. The number of nitrogens with zero attached hydrogens (tertiary/aromatic N) is 1. The van der Waals surface area contributed by atoms with Crippen molar-refractivity contribution in [3.8, 4) is 0 Å². The minimum Gasteiger partial charge on any atom is -0.298 e. The number of hydrogen-bond donors (Lipinski definition) is 1. The number of anilines is 1. The first kappa shape index (κ1) is 17.3. The van der Waals surface area contributed by atoms with Gasteiger partial charge in [0.25, 0.3) is 5.91 Å². The molecule has 3 aromatic rings. The zero-order valence-electron chi connectivity index (χ0n) is 12.2. The van der Waals surface area contributed by atoms with Gasteiger partial charge in [-0.3, -0.25) is 10.1 Å². The van der Waals surface area contributed by atoms with Gasteiger partial charge in [0.05, 0.1) is 5.56 Å². The van der Waals surface area contributed by atoms with E-state index in [1.54, 1.807) is 36.5 Å². The van der Waals surface area contributed by atoms with Gasteiger partial charge in [-0.25, -0.2) is 9.37 Å². The molecule has 0 aliphatic heterocycles. The van der Waals surface area contributed by atoms with Crippen LogP contribution in [0.3, 0.4) is 0 Å². The molecular weight excluding hydrogens is 462 g/mol. The Balaban J connectivity index is 1.69.